The number of allylic oxidation sites excluding steroid dienone is 1. The molecule has 0 amide bonds. The third-order valence-electron chi connectivity index (χ3n) is 4.52. The minimum Gasteiger partial charge on any atom is -0.478 e. The maximum Gasteiger partial charge on any atom is 0.327 e. The van der Waals surface area contributed by atoms with Gasteiger partial charge in [-0.15, -0.1) is 0 Å². The van der Waals surface area contributed by atoms with Gasteiger partial charge in [0.2, 0.25) is 0 Å². The summed E-state index contributed by atoms with van der Waals surface area (Å²) in [6.07, 6.45) is 10.5. The Balaban J connectivity index is 1.71. The van der Waals surface area contributed by atoms with Crippen LogP contribution in [0.25, 0.3) is 0 Å². The van der Waals surface area contributed by atoms with Gasteiger partial charge in [0, 0.05) is 6.08 Å². The van der Waals surface area contributed by atoms with E-state index < -0.39 is 5.97 Å². The molecule has 0 atom stereocenters. The molecule has 0 unspecified atom stereocenters. The van der Waals surface area contributed by atoms with Gasteiger partial charge in [0.15, 0.2) is 0 Å². The Bertz CT molecular complexity index is 534. The lowest BCUT2D eigenvalue weighted by Crippen LogP contribution is -2.14. The molecule has 0 saturated heterocycles. The minimum atomic E-state index is -0.871. The summed E-state index contributed by atoms with van der Waals surface area (Å²) < 4.78 is 13.4. The maximum absolute atomic E-state index is 13.4. The van der Waals surface area contributed by atoms with E-state index in [4.69, 9.17) is 16.7 Å². The zero-order valence-corrected chi connectivity index (χ0v) is 13.4. The van der Waals surface area contributed by atoms with Crippen molar-refractivity contribution < 1.29 is 14.3 Å². The van der Waals surface area contributed by atoms with Gasteiger partial charge >= 0.3 is 5.97 Å². The molecule has 4 heteroatoms. The van der Waals surface area contributed by atoms with E-state index in [0.717, 1.165) is 37.7 Å². The number of benzene rings is 1. The van der Waals surface area contributed by atoms with Crippen molar-refractivity contribution in [3.05, 3.63) is 46.8 Å². The van der Waals surface area contributed by atoms with E-state index >= 15 is 0 Å². The lowest BCUT2D eigenvalue weighted by atomic mass is 9.78. The van der Waals surface area contributed by atoms with Crippen molar-refractivity contribution in [1.29, 1.82) is 0 Å². The number of carboxylic acids is 1. The second-order valence-electron chi connectivity index (χ2n) is 6.15. The lowest BCUT2D eigenvalue weighted by Gasteiger charge is -2.27. The Labute approximate surface area is 136 Å². The molecule has 0 radical (unpaired) electrons. The average molecular weight is 325 g/mol. The summed E-state index contributed by atoms with van der Waals surface area (Å²) in [5.41, 5.74) is 1.01. The van der Waals surface area contributed by atoms with Crippen LogP contribution in [-0.4, -0.2) is 11.1 Å². The average Bonchev–Trinajstić information content (AvgIpc) is 2.49. The van der Waals surface area contributed by atoms with E-state index in [0.29, 0.717) is 11.8 Å². The molecule has 0 bridgehead atoms. The van der Waals surface area contributed by atoms with Crippen LogP contribution in [0.15, 0.2) is 30.4 Å². The van der Waals surface area contributed by atoms with Crippen molar-refractivity contribution in [2.45, 2.75) is 44.9 Å². The standard InChI is InChI=1S/C18H22ClFO2/c19-16-11-10-15(12-17(16)20)9-8-14-6-4-13(5-7-14)2-1-3-18(21)22/h1,3,10-14H,2,4-9H2,(H,21,22)/b3-1+/t13-,14-. The molecule has 120 valence electrons. The molecule has 1 N–H and O–H groups in total. The fourth-order valence-corrected chi connectivity index (χ4v) is 3.30. The Morgan fingerprint density at radius 1 is 1.27 bits per heavy atom. The van der Waals surface area contributed by atoms with Crippen LogP contribution in [0.5, 0.6) is 0 Å². The molecule has 1 saturated carbocycles. The fraction of sp³-hybridized carbons (Fsp3) is 0.500. The molecule has 1 aromatic carbocycles. The summed E-state index contributed by atoms with van der Waals surface area (Å²) in [7, 11) is 0. The van der Waals surface area contributed by atoms with E-state index in [9.17, 15) is 9.18 Å². The van der Waals surface area contributed by atoms with Gasteiger partial charge < -0.3 is 5.11 Å². The van der Waals surface area contributed by atoms with Crippen LogP contribution in [0, 0.1) is 17.7 Å². The SMILES string of the molecule is O=C(O)/C=C/C[C@H]1CC[C@H](CCc2ccc(Cl)c(F)c2)CC1. The first kappa shape index (κ1) is 17.0. The van der Waals surface area contributed by atoms with Gasteiger partial charge in [0.05, 0.1) is 5.02 Å². The van der Waals surface area contributed by atoms with Crippen LogP contribution in [0.2, 0.25) is 5.02 Å². The fourth-order valence-electron chi connectivity index (χ4n) is 3.18. The molecule has 1 aliphatic carbocycles. The molecule has 0 spiro atoms. The summed E-state index contributed by atoms with van der Waals surface area (Å²) in [5, 5.41) is 8.76. The highest BCUT2D eigenvalue weighted by molar-refractivity contribution is 6.30. The Hall–Kier alpha value is -1.35. The summed E-state index contributed by atoms with van der Waals surface area (Å²) in [6.45, 7) is 0. The van der Waals surface area contributed by atoms with E-state index in [1.54, 1.807) is 12.1 Å². The first-order valence-corrected chi connectivity index (χ1v) is 8.25. The molecule has 2 rings (SSSR count). The predicted molar refractivity (Wildman–Crippen MR) is 86.6 cm³/mol. The minimum absolute atomic E-state index is 0.179. The van der Waals surface area contributed by atoms with Crippen LogP contribution in [0.4, 0.5) is 4.39 Å². The molecular weight excluding hydrogens is 303 g/mol. The number of aliphatic carboxylic acids is 1. The van der Waals surface area contributed by atoms with Gasteiger partial charge in [-0.3, -0.25) is 0 Å². The molecule has 0 heterocycles. The van der Waals surface area contributed by atoms with Crippen LogP contribution < -0.4 is 0 Å². The van der Waals surface area contributed by atoms with Crippen molar-refractivity contribution in [1.82, 2.24) is 0 Å². The number of rotatable bonds is 6. The molecule has 22 heavy (non-hydrogen) atoms. The van der Waals surface area contributed by atoms with Crippen molar-refractivity contribution in [3.8, 4) is 0 Å². The third kappa shape index (κ3) is 5.45. The molecular formula is C18H22ClFO2. The van der Waals surface area contributed by atoms with Crippen LogP contribution in [0.1, 0.15) is 44.1 Å². The topological polar surface area (TPSA) is 37.3 Å². The molecule has 1 aromatic rings. The smallest absolute Gasteiger partial charge is 0.327 e. The molecule has 0 aliphatic heterocycles. The Kier molecular flexibility index (Phi) is 6.44. The normalized spacial score (nSPS) is 22.1. The van der Waals surface area contributed by atoms with Gasteiger partial charge in [-0.05, 0) is 61.6 Å². The van der Waals surface area contributed by atoms with Crippen molar-refractivity contribution >= 4 is 17.6 Å². The quantitative estimate of drug-likeness (QED) is 0.726. The number of carbonyl (C=O) groups is 1. The van der Waals surface area contributed by atoms with Crippen LogP contribution in [0.3, 0.4) is 0 Å². The summed E-state index contributed by atoms with van der Waals surface area (Å²) >= 11 is 5.69. The third-order valence-corrected chi connectivity index (χ3v) is 4.83. The lowest BCUT2D eigenvalue weighted by molar-refractivity contribution is -0.131. The van der Waals surface area contributed by atoms with Crippen LogP contribution in [-0.2, 0) is 11.2 Å². The van der Waals surface area contributed by atoms with Gasteiger partial charge in [0.25, 0.3) is 0 Å². The number of hydrogen-bond acceptors (Lipinski definition) is 1. The molecule has 1 fully saturated rings. The Morgan fingerprint density at radius 3 is 2.59 bits per heavy atom. The largest absolute Gasteiger partial charge is 0.478 e. The summed E-state index contributed by atoms with van der Waals surface area (Å²) in [4.78, 5) is 10.4. The van der Waals surface area contributed by atoms with Gasteiger partial charge in [-0.25, -0.2) is 9.18 Å². The number of halogens is 2. The molecule has 1 aliphatic rings. The van der Waals surface area contributed by atoms with E-state index in [-0.39, 0.29) is 10.8 Å². The zero-order valence-electron chi connectivity index (χ0n) is 12.6. The van der Waals surface area contributed by atoms with Crippen molar-refractivity contribution in [2.75, 3.05) is 0 Å². The van der Waals surface area contributed by atoms with Crippen molar-refractivity contribution in [2.24, 2.45) is 11.8 Å². The molecule has 0 aromatic heterocycles. The van der Waals surface area contributed by atoms with E-state index in [2.05, 4.69) is 0 Å². The summed E-state index contributed by atoms with van der Waals surface area (Å²) in [5.74, 6) is 0.0928. The highest BCUT2D eigenvalue weighted by atomic mass is 35.5. The first-order valence-electron chi connectivity index (χ1n) is 7.88. The highest BCUT2D eigenvalue weighted by Gasteiger charge is 2.20. The van der Waals surface area contributed by atoms with Gasteiger partial charge in [0.1, 0.15) is 5.82 Å². The second kappa shape index (κ2) is 8.33. The van der Waals surface area contributed by atoms with E-state index in [1.807, 2.05) is 6.07 Å². The monoisotopic (exact) mass is 324 g/mol. The molecule has 2 nitrogen and oxygen atoms in total. The zero-order chi connectivity index (χ0) is 15.9. The Morgan fingerprint density at radius 2 is 1.95 bits per heavy atom. The predicted octanol–water partition coefficient (Wildman–Crippen LogP) is 5.25. The highest BCUT2D eigenvalue weighted by Crippen LogP contribution is 2.33. The van der Waals surface area contributed by atoms with E-state index in [1.165, 1.54) is 25.0 Å². The second-order valence-corrected chi connectivity index (χ2v) is 6.56. The van der Waals surface area contributed by atoms with Crippen molar-refractivity contribution in [3.63, 3.8) is 0 Å². The maximum atomic E-state index is 13.4. The number of aryl methyl sites for hydroxylation is 1. The van der Waals surface area contributed by atoms with Gasteiger partial charge in [-0.1, -0.05) is 36.6 Å². The number of hydrogen-bond donors (Lipinski definition) is 1. The van der Waals surface area contributed by atoms with Gasteiger partial charge in [-0.2, -0.15) is 0 Å². The first-order chi connectivity index (χ1) is 10.5. The number of carboxylic acid groups (broad SMARTS) is 1. The van der Waals surface area contributed by atoms with Crippen LogP contribution >= 0.6 is 11.6 Å². The summed E-state index contributed by atoms with van der Waals surface area (Å²) in [6, 6.07) is 5.05.